The molecule has 0 unspecified atom stereocenters. The molecule has 142 valence electrons. The summed E-state index contributed by atoms with van der Waals surface area (Å²) in [5.74, 6) is 1.56. The van der Waals surface area contributed by atoms with Gasteiger partial charge < -0.3 is 20.1 Å². The number of nitrogens with one attached hydrogen (secondary N) is 3. The minimum atomic E-state index is 0.585. The van der Waals surface area contributed by atoms with E-state index in [0.717, 1.165) is 42.4 Å². The Balaban J connectivity index is 1.81. The first kappa shape index (κ1) is 19.9. The van der Waals surface area contributed by atoms with Crippen molar-refractivity contribution in [1.82, 2.24) is 25.8 Å². The monoisotopic (exact) mass is 360 g/mol. The summed E-state index contributed by atoms with van der Waals surface area (Å²) in [4.78, 5) is 8.82. The fraction of sp³-hybridized carbons (Fsp3) is 0.500. The van der Waals surface area contributed by atoms with Crippen molar-refractivity contribution in [2.45, 2.75) is 19.9 Å². The highest BCUT2D eigenvalue weighted by atomic mass is 16.5. The van der Waals surface area contributed by atoms with Gasteiger partial charge in [0.2, 0.25) is 0 Å². The fourth-order valence-corrected chi connectivity index (χ4v) is 2.30. The first-order chi connectivity index (χ1) is 12.8. The van der Waals surface area contributed by atoms with Crippen LogP contribution in [0.1, 0.15) is 18.9 Å². The van der Waals surface area contributed by atoms with E-state index in [1.54, 1.807) is 7.11 Å². The lowest BCUT2D eigenvalue weighted by molar-refractivity contribution is 0.0698. The van der Waals surface area contributed by atoms with E-state index in [2.05, 4.69) is 49.9 Å². The summed E-state index contributed by atoms with van der Waals surface area (Å²) in [5.41, 5.74) is 2.11. The van der Waals surface area contributed by atoms with Crippen molar-refractivity contribution in [2.75, 3.05) is 40.0 Å². The molecule has 1 aromatic carbocycles. The predicted molar refractivity (Wildman–Crippen MR) is 102 cm³/mol. The van der Waals surface area contributed by atoms with Crippen LogP contribution in [0.3, 0.4) is 0 Å². The van der Waals surface area contributed by atoms with Gasteiger partial charge in [0.1, 0.15) is 6.33 Å². The Morgan fingerprint density at radius 2 is 2.15 bits per heavy atom. The Morgan fingerprint density at radius 3 is 2.92 bits per heavy atom. The SMILES string of the molecule is CCNC(=NCc1cccc(-c2ncn[nH]2)c1)NCCCOCCOC. The van der Waals surface area contributed by atoms with Crippen LogP contribution in [-0.2, 0) is 16.0 Å². The van der Waals surface area contributed by atoms with Crippen molar-refractivity contribution in [3.05, 3.63) is 36.2 Å². The Hall–Kier alpha value is -2.45. The molecule has 0 saturated carbocycles. The van der Waals surface area contributed by atoms with Crippen LogP contribution in [0.4, 0.5) is 0 Å². The second-order valence-corrected chi connectivity index (χ2v) is 5.62. The second-order valence-electron chi connectivity index (χ2n) is 5.62. The third kappa shape index (κ3) is 7.20. The third-order valence-electron chi connectivity index (χ3n) is 3.57. The topological polar surface area (TPSA) is 96.5 Å². The molecule has 8 nitrogen and oxygen atoms in total. The standard InChI is InChI=1S/C18H28N6O2/c1-3-19-18(20-8-5-9-26-11-10-25-2)21-13-15-6-4-7-16(12-15)17-22-14-23-24-17/h4,6-7,12,14H,3,5,8-11,13H2,1-2H3,(H2,19,20,21)(H,22,23,24). The zero-order valence-electron chi connectivity index (χ0n) is 15.5. The number of ether oxygens (including phenoxy) is 2. The molecule has 0 aliphatic rings. The number of aliphatic imine (C=N–C) groups is 1. The molecule has 2 aromatic rings. The van der Waals surface area contributed by atoms with Crippen LogP contribution < -0.4 is 10.6 Å². The van der Waals surface area contributed by atoms with Gasteiger partial charge in [-0.05, 0) is 25.0 Å². The molecule has 0 saturated heterocycles. The second kappa shape index (κ2) is 12.0. The third-order valence-corrected chi connectivity index (χ3v) is 3.57. The summed E-state index contributed by atoms with van der Waals surface area (Å²) >= 11 is 0. The number of nitrogens with zero attached hydrogens (tertiary/aromatic N) is 3. The Bertz CT molecular complexity index is 645. The number of benzene rings is 1. The van der Waals surface area contributed by atoms with Gasteiger partial charge in [-0.1, -0.05) is 18.2 Å². The molecular weight excluding hydrogens is 332 g/mol. The zero-order valence-corrected chi connectivity index (χ0v) is 15.5. The molecule has 0 radical (unpaired) electrons. The average Bonchev–Trinajstić information content (AvgIpc) is 3.20. The van der Waals surface area contributed by atoms with Gasteiger partial charge in [-0.2, -0.15) is 5.10 Å². The van der Waals surface area contributed by atoms with Crippen LogP contribution in [0.15, 0.2) is 35.6 Å². The number of H-pyrrole nitrogens is 1. The Labute approximate surface area is 154 Å². The van der Waals surface area contributed by atoms with Gasteiger partial charge in [-0.15, -0.1) is 0 Å². The number of aromatic nitrogens is 3. The first-order valence-corrected chi connectivity index (χ1v) is 8.87. The number of rotatable bonds is 11. The van der Waals surface area contributed by atoms with Crippen LogP contribution in [0, 0.1) is 0 Å². The summed E-state index contributed by atoms with van der Waals surface area (Å²) in [6, 6.07) is 8.12. The normalized spacial score (nSPS) is 11.5. The van der Waals surface area contributed by atoms with Crippen LogP contribution in [0.2, 0.25) is 0 Å². The minimum Gasteiger partial charge on any atom is -0.382 e. The van der Waals surface area contributed by atoms with E-state index in [1.807, 2.05) is 12.1 Å². The van der Waals surface area contributed by atoms with E-state index in [9.17, 15) is 0 Å². The van der Waals surface area contributed by atoms with Crippen LogP contribution in [0.5, 0.6) is 0 Å². The molecule has 26 heavy (non-hydrogen) atoms. The maximum atomic E-state index is 5.45. The number of aromatic amines is 1. The molecule has 0 spiro atoms. The van der Waals surface area contributed by atoms with E-state index in [4.69, 9.17) is 9.47 Å². The van der Waals surface area contributed by atoms with Gasteiger partial charge in [0.05, 0.1) is 19.8 Å². The largest absolute Gasteiger partial charge is 0.382 e. The average molecular weight is 360 g/mol. The van der Waals surface area contributed by atoms with E-state index >= 15 is 0 Å². The summed E-state index contributed by atoms with van der Waals surface area (Å²) in [5, 5.41) is 13.3. The van der Waals surface area contributed by atoms with Crippen molar-refractivity contribution >= 4 is 5.96 Å². The van der Waals surface area contributed by atoms with Crippen LogP contribution in [0.25, 0.3) is 11.4 Å². The number of guanidine groups is 1. The predicted octanol–water partition coefficient (Wildman–Crippen LogP) is 1.58. The molecule has 0 atom stereocenters. The van der Waals surface area contributed by atoms with Gasteiger partial charge in [-0.3, -0.25) is 5.10 Å². The Morgan fingerprint density at radius 1 is 1.23 bits per heavy atom. The highest BCUT2D eigenvalue weighted by Crippen LogP contribution is 2.15. The maximum Gasteiger partial charge on any atom is 0.191 e. The van der Waals surface area contributed by atoms with Crippen molar-refractivity contribution in [3.8, 4) is 11.4 Å². The van der Waals surface area contributed by atoms with Crippen molar-refractivity contribution in [3.63, 3.8) is 0 Å². The molecule has 0 bridgehead atoms. The lowest BCUT2D eigenvalue weighted by Crippen LogP contribution is -2.38. The lowest BCUT2D eigenvalue weighted by atomic mass is 10.1. The summed E-state index contributed by atoms with van der Waals surface area (Å²) in [6.45, 7) is 6.22. The first-order valence-electron chi connectivity index (χ1n) is 8.87. The lowest BCUT2D eigenvalue weighted by Gasteiger charge is -2.11. The van der Waals surface area contributed by atoms with Gasteiger partial charge >= 0.3 is 0 Å². The number of methoxy groups -OCH3 is 1. The Kier molecular flexibility index (Phi) is 9.17. The molecule has 0 aliphatic heterocycles. The summed E-state index contributed by atoms with van der Waals surface area (Å²) in [6.07, 6.45) is 2.42. The molecule has 3 N–H and O–H groups in total. The number of hydrogen-bond acceptors (Lipinski definition) is 5. The quantitative estimate of drug-likeness (QED) is 0.320. The zero-order chi connectivity index (χ0) is 18.5. The van der Waals surface area contributed by atoms with Gasteiger partial charge in [0, 0.05) is 32.4 Å². The van der Waals surface area contributed by atoms with Crippen LogP contribution >= 0.6 is 0 Å². The van der Waals surface area contributed by atoms with Gasteiger partial charge in [0.15, 0.2) is 11.8 Å². The molecule has 1 aromatic heterocycles. The molecule has 0 aliphatic carbocycles. The van der Waals surface area contributed by atoms with Crippen molar-refractivity contribution in [2.24, 2.45) is 4.99 Å². The highest BCUT2D eigenvalue weighted by molar-refractivity contribution is 5.79. The highest BCUT2D eigenvalue weighted by Gasteiger charge is 2.02. The number of hydrogen-bond donors (Lipinski definition) is 3. The molecule has 0 fully saturated rings. The molecule has 1 heterocycles. The summed E-state index contributed by atoms with van der Waals surface area (Å²) < 4.78 is 10.4. The molecule has 0 amide bonds. The fourth-order valence-electron chi connectivity index (χ4n) is 2.30. The van der Waals surface area contributed by atoms with E-state index < -0.39 is 0 Å². The van der Waals surface area contributed by atoms with Crippen molar-refractivity contribution in [1.29, 1.82) is 0 Å². The summed E-state index contributed by atoms with van der Waals surface area (Å²) in [7, 11) is 1.67. The van der Waals surface area contributed by atoms with E-state index in [0.29, 0.717) is 26.4 Å². The molecular formula is C18H28N6O2. The molecule has 2 rings (SSSR count). The molecule has 8 heteroatoms. The van der Waals surface area contributed by atoms with E-state index in [1.165, 1.54) is 6.33 Å². The maximum absolute atomic E-state index is 5.45. The van der Waals surface area contributed by atoms with E-state index in [-0.39, 0.29) is 0 Å². The van der Waals surface area contributed by atoms with Gasteiger partial charge in [0.25, 0.3) is 0 Å². The van der Waals surface area contributed by atoms with Gasteiger partial charge in [-0.25, -0.2) is 9.98 Å². The van der Waals surface area contributed by atoms with Crippen molar-refractivity contribution < 1.29 is 9.47 Å². The van der Waals surface area contributed by atoms with Crippen LogP contribution in [-0.4, -0.2) is 61.2 Å². The smallest absolute Gasteiger partial charge is 0.191 e. The minimum absolute atomic E-state index is 0.585.